The molecular formula is C60H40N6. The number of nitrogens with zero attached hydrogens (tertiary/aromatic N) is 6. The van der Waals surface area contributed by atoms with Gasteiger partial charge in [-0.1, -0.05) is 158 Å². The summed E-state index contributed by atoms with van der Waals surface area (Å²) in [7, 11) is 0. The first-order valence-electron chi connectivity index (χ1n) is 22.9. The summed E-state index contributed by atoms with van der Waals surface area (Å²) in [6, 6.07) is 68.8. The van der Waals surface area contributed by atoms with Crippen LogP contribution in [0, 0.1) is 0 Å². The van der Waals surface area contributed by atoms with Crippen LogP contribution in [0.4, 0.5) is 0 Å². The van der Waals surface area contributed by atoms with Crippen LogP contribution in [-0.4, -0.2) is 29.1 Å². The van der Waals surface area contributed by atoms with Crippen molar-refractivity contribution >= 4 is 43.6 Å². The van der Waals surface area contributed by atoms with Crippen LogP contribution in [0.25, 0.3) is 112 Å². The standard InChI is InChI=1S/C60H40N6/c1-5-17-37(18-6-1)49-35-50(38-19-7-2-8-20-38)62-59(61-49)65-53-27-15-13-25-43(53)47-33-41-30-32-46-56-42(29-31-45(55(41)56)57(47)65)34-48-44-26-14-16-28-54(44)66(58(46)48)60-63-51(39-21-9-3-10-22-39)36-52(64-60)40-23-11-4-12-24-40/h1-28,33-36H,29-32H2. The predicted octanol–water partition coefficient (Wildman–Crippen LogP) is 14.0. The van der Waals surface area contributed by atoms with Gasteiger partial charge in [0.25, 0.3) is 0 Å². The summed E-state index contributed by atoms with van der Waals surface area (Å²) in [6.45, 7) is 0. The predicted molar refractivity (Wildman–Crippen MR) is 268 cm³/mol. The number of hydrogen-bond acceptors (Lipinski definition) is 4. The van der Waals surface area contributed by atoms with E-state index in [1.165, 1.54) is 66.0 Å². The molecule has 0 N–H and O–H groups in total. The fraction of sp³-hybridized carbons (Fsp3) is 0.0667. The summed E-state index contributed by atoms with van der Waals surface area (Å²) in [4.78, 5) is 21.7. The van der Waals surface area contributed by atoms with Crippen LogP contribution in [0.5, 0.6) is 0 Å². The molecule has 4 heterocycles. The maximum absolute atomic E-state index is 5.42. The molecule has 2 aliphatic rings. The van der Waals surface area contributed by atoms with E-state index in [0.717, 1.165) is 81.7 Å². The van der Waals surface area contributed by atoms with Crippen molar-refractivity contribution in [1.29, 1.82) is 0 Å². The van der Waals surface area contributed by atoms with E-state index in [9.17, 15) is 0 Å². The Hall–Kier alpha value is -8.48. The molecule has 0 unspecified atom stereocenters. The molecule has 0 atom stereocenters. The van der Waals surface area contributed by atoms with Gasteiger partial charge in [0, 0.05) is 43.8 Å². The highest BCUT2D eigenvalue weighted by Crippen LogP contribution is 2.51. The van der Waals surface area contributed by atoms with Gasteiger partial charge in [0.1, 0.15) is 0 Å². The van der Waals surface area contributed by atoms with E-state index in [-0.39, 0.29) is 0 Å². The van der Waals surface area contributed by atoms with Crippen molar-refractivity contribution in [2.75, 3.05) is 0 Å². The van der Waals surface area contributed by atoms with Gasteiger partial charge in [-0.25, -0.2) is 19.9 Å². The number of rotatable bonds is 6. The Morgan fingerprint density at radius 2 is 0.621 bits per heavy atom. The number of aryl methyl sites for hydroxylation is 4. The second-order valence-corrected chi connectivity index (χ2v) is 17.6. The number of fused-ring (bicyclic) bond motifs is 8. The third kappa shape index (κ3) is 5.61. The molecule has 310 valence electrons. The lowest BCUT2D eigenvalue weighted by atomic mass is 9.74. The smallest absolute Gasteiger partial charge is 0.235 e. The van der Waals surface area contributed by atoms with E-state index in [1.54, 1.807) is 0 Å². The van der Waals surface area contributed by atoms with E-state index >= 15 is 0 Å². The van der Waals surface area contributed by atoms with E-state index < -0.39 is 0 Å². The van der Waals surface area contributed by atoms with Crippen LogP contribution in [0.1, 0.15) is 22.3 Å². The van der Waals surface area contributed by atoms with Gasteiger partial charge >= 0.3 is 0 Å². The number of benzene rings is 8. The molecule has 14 rings (SSSR count). The molecule has 0 amide bonds. The third-order valence-corrected chi connectivity index (χ3v) is 13.9. The Morgan fingerprint density at radius 1 is 0.303 bits per heavy atom. The fourth-order valence-corrected chi connectivity index (χ4v) is 11.1. The van der Waals surface area contributed by atoms with E-state index in [0.29, 0.717) is 11.9 Å². The minimum atomic E-state index is 0.680. The van der Waals surface area contributed by atoms with Crippen LogP contribution in [0.2, 0.25) is 0 Å². The lowest BCUT2D eigenvalue weighted by Gasteiger charge is -2.31. The summed E-state index contributed by atoms with van der Waals surface area (Å²) < 4.78 is 4.73. The zero-order valence-corrected chi connectivity index (χ0v) is 36.0. The van der Waals surface area contributed by atoms with Crippen LogP contribution in [0.3, 0.4) is 0 Å². The number of aromatic nitrogens is 6. The number of hydrogen-bond donors (Lipinski definition) is 0. The molecule has 12 aromatic rings. The van der Waals surface area contributed by atoms with Crippen LogP contribution < -0.4 is 0 Å². The van der Waals surface area contributed by atoms with Gasteiger partial charge in [0.05, 0.1) is 44.8 Å². The van der Waals surface area contributed by atoms with Gasteiger partial charge in [0.15, 0.2) is 0 Å². The Kier molecular flexibility index (Phi) is 8.13. The quantitative estimate of drug-likeness (QED) is 0.167. The van der Waals surface area contributed by atoms with Gasteiger partial charge in [-0.15, -0.1) is 0 Å². The third-order valence-electron chi connectivity index (χ3n) is 13.9. The second-order valence-electron chi connectivity index (χ2n) is 17.6. The summed E-state index contributed by atoms with van der Waals surface area (Å²) in [5.74, 6) is 1.36. The molecule has 0 saturated carbocycles. The molecule has 0 bridgehead atoms. The second kappa shape index (κ2) is 14.5. The van der Waals surface area contributed by atoms with Crippen molar-refractivity contribution in [2.45, 2.75) is 25.7 Å². The molecule has 66 heavy (non-hydrogen) atoms. The lowest BCUT2D eigenvalue weighted by Crippen LogP contribution is -2.17. The molecule has 0 aliphatic heterocycles. The highest BCUT2D eigenvalue weighted by atomic mass is 15.2. The first-order chi connectivity index (χ1) is 32.7. The summed E-state index contributed by atoms with van der Waals surface area (Å²) in [6.07, 6.45) is 3.70. The van der Waals surface area contributed by atoms with Crippen molar-refractivity contribution in [3.05, 3.63) is 216 Å². The minimum Gasteiger partial charge on any atom is -0.278 e. The monoisotopic (exact) mass is 844 g/mol. The average Bonchev–Trinajstić information content (AvgIpc) is 3.91. The van der Waals surface area contributed by atoms with Gasteiger partial charge < -0.3 is 0 Å². The van der Waals surface area contributed by atoms with Crippen LogP contribution >= 0.6 is 0 Å². The first kappa shape index (κ1) is 36.9. The minimum absolute atomic E-state index is 0.680. The summed E-state index contributed by atoms with van der Waals surface area (Å²) >= 11 is 0. The van der Waals surface area contributed by atoms with Crippen molar-refractivity contribution in [1.82, 2.24) is 29.1 Å². The molecule has 2 aliphatic carbocycles. The van der Waals surface area contributed by atoms with Gasteiger partial charge in [0.2, 0.25) is 11.9 Å². The molecule has 8 aromatic carbocycles. The molecule has 6 heteroatoms. The first-order valence-corrected chi connectivity index (χ1v) is 22.9. The molecule has 4 aromatic heterocycles. The van der Waals surface area contributed by atoms with Crippen molar-refractivity contribution in [3.8, 4) is 68.1 Å². The van der Waals surface area contributed by atoms with E-state index in [2.05, 4.69) is 203 Å². The van der Waals surface area contributed by atoms with Gasteiger partial charge in [-0.3, -0.25) is 9.13 Å². The molecule has 0 fully saturated rings. The Morgan fingerprint density at radius 3 is 0.970 bits per heavy atom. The molecular weight excluding hydrogens is 805 g/mol. The zero-order chi connectivity index (χ0) is 43.3. The maximum Gasteiger partial charge on any atom is 0.235 e. The average molecular weight is 845 g/mol. The van der Waals surface area contributed by atoms with Gasteiger partial charge in [-0.2, -0.15) is 0 Å². The highest BCUT2D eigenvalue weighted by molar-refractivity contribution is 6.15. The lowest BCUT2D eigenvalue weighted by molar-refractivity contribution is 0.877. The zero-order valence-electron chi connectivity index (χ0n) is 36.0. The topological polar surface area (TPSA) is 61.4 Å². The van der Waals surface area contributed by atoms with Crippen molar-refractivity contribution in [3.63, 3.8) is 0 Å². The largest absolute Gasteiger partial charge is 0.278 e. The fourth-order valence-electron chi connectivity index (χ4n) is 11.1. The molecule has 6 nitrogen and oxygen atoms in total. The normalized spacial score (nSPS) is 12.9. The highest BCUT2D eigenvalue weighted by Gasteiger charge is 2.33. The SMILES string of the molecule is c1ccc(-c2cc(-c3ccccc3)nc(-n3c4ccccc4c4cc5c6c(c43)CCc3cc4c7ccccc7n(-c7nc(-c8ccccc8)cc(-c8ccccc8)n7)c4c(c3-6)CC5)n2)cc1. The van der Waals surface area contributed by atoms with Crippen LogP contribution in [-0.2, 0) is 25.7 Å². The maximum atomic E-state index is 5.42. The van der Waals surface area contributed by atoms with Crippen molar-refractivity contribution in [2.24, 2.45) is 0 Å². The summed E-state index contributed by atoms with van der Waals surface area (Å²) in [5, 5.41) is 4.96. The van der Waals surface area contributed by atoms with Crippen LogP contribution in [0.15, 0.2) is 194 Å². The molecule has 0 saturated heterocycles. The molecule has 0 spiro atoms. The van der Waals surface area contributed by atoms with E-state index in [4.69, 9.17) is 19.9 Å². The van der Waals surface area contributed by atoms with Crippen molar-refractivity contribution < 1.29 is 0 Å². The number of para-hydroxylation sites is 2. The molecule has 0 radical (unpaired) electrons. The van der Waals surface area contributed by atoms with Gasteiger partial charge in [-0.05, 0) is 95.5 Å². The Bertz CT molecular complexity index is 3530. The summed E-state index contributed by atoms with van der Waals surface area (Å²) in [5.41, 5.74) is 20.8. The van der Waals surface area contributed by atoms with E-state index in [1.807, 2.05) is 0 Å². The Balaban J connectivity index is 1.05. The Labute approximate surface area is 381 Å².